The molecule has 1 aromatic carbocycles. The van der Waals surface area contributed by atoms with Gasteiger partial charge in [0.15, 0.2) is 0 Å². The first kappa shape index (κ1) is 11.0. The van der Waals surface area contributed by atoms with E-state index in [4.69, 9.17) is 0 Å². The number of thiocarbonyl (C=S) groups is 1. The predicted octanol–water partition coefficient (Wildman–Crippen LogP) is 3.97. The van der Waals surface area contributed by atoms with Crippen molar-refractivity contribution in [2.45, 2.75) is 9.79 Å². The number of aliphatic imine (C=N–C) groups is 1. The first-order valence-corrected chi connectivity index (χ1v) is 5.87. The van der Waals surface area contributed by atoms with Gasteiger partial charge >= 0.3 is 0 Å². The molecule has 16 heavy (non-hydrogen) atoms. The van der Waals surface area contributed by atoms with Crippen molar-refractivity contribution in [3.63, 3.8) is 0 Å². The summed E-state index contributed by atoms with van der Waals surface area (Å²) in [5, 5.41) is 2.35. The molecule has 0 aliphatic carbocycles. The molecule has 0 bridgehead atoms. The minimum absolute atomic E-state index is 0.828. The van der Waals surface area contributed by atoms with Crippen LogP contribution >= 0.6 is 24.0 Å². The lowest BCUT2D eigenvalue weighted by Gasteiger charge is -2.00. The summed E-state index contributed by atoms with van der Waals surface area (Å²) in [7, 11) is 0. The van der Waals surface area contributed by atoms with Gasteiger partial charge in [0.1, 0.15) is 0 Å². The van der Waals surface area contributed by atoms with Crippen molar-refractivity contribution in [1.29, 1.82) is 0 Å². The van der Waals surface area contributed by atoms with Crippen LogP contribution in [0.2, 0.25) is 0 Å². The lowest BCUT2D eigenvalue weighted by molar-refractivity contribution is 1.26. The maximum atomic E-state index is 4.54. The van der Waals surface area contributed by atoms with Crippen LogP contribution in [0.5, 0.6) is 0 Å². The number of benzene rings is 1. The van der Waals surface area contributed by atoms with Crippen LogP contribution in [-0.4, -0.2) is 10.1 Å². The number of aromatic nitrogens is 1. The van der Waals surface area contributed by atoms with Gasteiger partial charge in [-0.25, -0.2) is 0 Å². The standard InChI is InChI=1S/C12H8N2S2/c15-9-14-10-1-3-11(4-2-10)16-12-5-7-13-8-6-12/h1-8H. The zero-order valence-corrected chi connectivity index (χ0v) is 9.96. The van der Waals surface area contributed by atoms with Gasteiger partial charge in [0.2, 0.25) is 0 Å². The van der Waals surface area contributed by atoms with E-state index in [0.717, 1.165) is 10.6 Å². The molecule has 0 aliphatic heterocycles. The molecule has 0 fully saturated rings. The summed E-state index contributed by atoms with van der Waals surface area (Å²) in [5.41, 5.74) is 0.828. The molecule has 78 valence electrons. The fourth-order valence-electron chi connectivity index (χ4n) is 1.18. The van der Waals surface area contributed by atoms with Gasteiger partial charge in [-0.05, 0) is 48.6 Å². The van der Waals surface area contributed by atoms with Crippen LogP contribution in [0, 0.1) is 0 Å². The molecule has 0 aliphatic rings. The molecule has 2 aromatic rings. The molecule has 0 N–H and O–H groups in total. The Balaban J connectivity index is 2.14. The van der Waals surface area contributed by atoms with Gasteiger partial charge in [0.25, 0.3) is 0 Å². The highest BCUT2D eigenvalue weighted by Crippen LogP contribution is 2.28. The number of isothiocyanates is 1. The Labute approximate surface area is 103 Å². The lowest BCUT2D eigenvalue weighted by atomic mass is 10.3. The van der Waals surface area contributed by atoms with E-state index in [1.54, 1.807) is 24.2 Å². The molecule has 0 atom stereocenters. The summed E-state index contributed by atoms with van der Waals surface area (Å²) in [6.07, 6.45) is 3.57. The van der Waals surface area contributed by atoms with Crippen molar-refractivity contribution < 1.29 is 0 Å². The minimum Gasteiger partial charge on any atom is -0.265 e. The van der Waals surface area contributed by atoms with E-state index in [-0.39, 0.29) is 0 Å². The number of nitrogens with zero attached hydrogens (tertiary/aromatic N) is 2. The summed E-state index contributed by atoms with van der Waals surface area (Å²) < 4.78 is 0. The predicted molar refractivity (Wildman–Crippen MR) is 69.5 cm³/mol. The monoisotopic (exact) mass is 244 g/mol. The van der Waals surface area contributed by atoms with E-state index in [1.807, 2.05) is 36.4 Å². The number of hydrogen-bond acceptors (Lipinski definition) is 4. The average Bonchev–Trinajstić information content (AvgIpc) is 2.33. The highest BCUT2D eigenvalue weighted by Gasteiger charge is 1.96. The molecule has 0 amide bonds. The normalized spacial score (nSPS) is 9.50. The zero-order valence-electron chi connectivity index (χ0n) is 8.33. The van der Waals surface area contributed by atoms with Crippen LogP contribution in [0.15, 0.2) is 63.6 Å². The maximum Gasteiger partial charge on any atom is 0.0740 e. The molecule has 0 saturated carbocycles. The third-order valence-corrected chi connectivity index (χ3v) is 3.00. The van der Waals surface area contributed by atoms with E-state index >= 15 is 0 Å². The molecule has 1 aromatic heterocycles. The second-order valence-corrected chi connectivity index (χ2v) is 4.31. The second-order valence-electron chi connectivity index (χ2n) is 2.98. The highest BCUT2D eigenvalue weighted by atomic mass is 32.2. The van der Waals surface area contributed by atoms with E-state index in [9.17, 15) is 0 Å². The van der Waals surface area contributed by atoms with Crippen molar-refractivity contribution in [2.75, 3.05) is 0 Å². The maximum absolute atomic E-state index is 4.54. The molecule has 2 nitrogen and oxygen atoms in total. The Kier molecular flexibility index (Phi) is 3.83. The van der Waals surface area contributed by atoms with Crippen LogP contribution in [0.4, 0.5) is 5.69 Å². The van der Waals surface area contributed by atoms with Crippen LogP contribution < -0.4 is 0 Å². The van der Waals surface area contributed by atoms with Crippen molar-refractivity contribution in [1.82, 2.24) is 4.98 Å². The van der Waals surface area contributed by atoms with E-state index in [1.165, 1.54) is 4.90 Å². The summed E-state index contributed by atoms with van der Waals surface area (Å²) in [6, 6.07) is 11.8. The van der Waals surface area contributed by atoms with Gasteiger partial charge in [-0.2, -0.15) is 4.99 Å². The van der Waals surface area contributed by atoms with Crippen molar-refractivity contribution in [2.24, 2.45) is 4.99 Å². The van der Waals surface area contributed by atoms with Gasteiger partial charge in [0.05, 0.1) is 10.8 Å². The topological polar surface area (TPSA) is 25.2 Å². The van der Waals surface area contributed by atoms with Crippen molar-refractivity contribution in [3.8, 4) is 0 Å². The van der Waals surface area contributed by atoms with Gasteiger partial charge in [-0.1, -0.05) is 11.8 Å². The van der Waals surface area contributed by atoms with Crippen LogP contribution in [0.25, 0.3) is 0 Å². The van der Waals surface area contributed by atoms with Gasteiger partial charge < -0.3 is 0 Å². The molecular formula is C12H8N2S2. The first-order chi connectivity index (χ1) is 7.88. The number of hydrogen-bond donors (Lipinski definition) is 0. The van der Waals surface area contributed by atoms with Crippen LogP contribution in [0.1, 0.15) is 0 Å². The molecule has 2 rings (SSSR count). The van der Waals surface area contributed by atoms with Gasteiger partial charge in [-0.3, -0.25) is 4.98 Å². The molecule has 0 spiro atoms. The summed E-state index contributed by atoms with van der Waals surface area (Å²) in [5.74, 6) is 0. The number of pyridine rings is 1. The summed E-state index contributed by atoms with van der Waals surface area (Å²) in [4.78, 5) is 10.2. The van der Waals surface area contributed by atoms with E-state index in [0.29, 0.717) is 0 Å². The Bertz CT molecular complexity index is 502. The Morgan fingerprint density at radius 3 is 2.25 bits per heavy atom. The third kappa shape index (κ3) is 3.00. The van der Waals surface area contributed by atoms with Crippen LogP contribution in [0.3, 0.4) is 0 Å². The summed E-state index contributed by atoms with van der Waals surface area (Å²) in [6.45, 7) is 0. The zero-order chi connectivity index (χ0) is 11.2. The SMILES string of the molecule is S=C=Nc1ccc(Sc2ccncc2)cc1. The fourth-order valence-corrected chi connectivity index (χ4v) is 2.09. The van der Waals surface area contributed by atoms with Crippen LogP contribution in [-0.2, 0) is 0 Å². The average molecular weight is 244 g/mol. The largest absolute Gasteiger partial charge is 0.265 e. The lowest BCUT2D eigenvalue weighted by Crippen LogP contribution is -1.74. The third-order valence-electron chi connectivity index (χ3n) is 1.90. The molecular weight excluding hydrogens is 236 g/mol. The molecule has 0 saturated heterocycles. The Morgan fingerprint density at radius 2 is 1.62 bits per heavy atom. The van der Waals surface area contributed by atoms with E-state index < -0.39 is 0 Å². The highest BCUT2D eigenvalue weighted by molar-refractivity contribution is 7.99. The first-order valence-electron chi connectivity index (χ1n) is 4.64. The molecule has 4 heteroatoms. The van der Waals surface area contributed by atoms with Gasteiger partial charge in [0, 0.05) is 22.2 Å². The molecule has 0 radical (unpaired) electrons. The second kappa shape index (κ2) is 5.56. The minimum atomic E-state index is 0.828. The fraction of sp³-hybridized carbons (Fsp3) is 0. The Hall–Kier alpha value is -1.48. The number of rotatable bonds is 3. The molecule has 0 unspecified atom stereocenters. The van der Waals surface area contributed by atoms with E-state index in [2.05, 4.69) is 27.4 Å². The summed E-state index contributed by atoms with van der Waals surface area (Å²) >= 11 is 6.23. The van der Waals surface area contributed by atoms with Crippen molar-refractivity contribution in [3.05, 3.63) is 48.8 Å². The van der Waals surface area contributed by atoms with Gasteiger partial charge in [-0.15, -0.1) is 0 Å². The molecule has 1 heterocycles. The van der Waals surface area contributed by atoms with Crippen molar-refractivity contribution >= 4 is 34.8 Å². The Morgan fingerprint density at radius 1 is 1.00 bits per heavy atom. The quantitative estimate of drug-likeness (QED) is 0.603. The smallest absolute Gasteiger partial charge is 0.0740 e.